The van der Waals surface area contributed by atoms with Crippen LogP contribution in [0.5, 0.6) is 5.75 Å². The van der Waals surface area contributed by atoms with Crippen molar-refractivity contribution in [3.8, 4) is 16.9 Å². The van der Waals surface area contributed by atoms with E-state index in [-0.39, 0.29) is 5.56 Å². The van der Waals surface area contributed by atoms with Crippen molar-refractivity contribution < 1.29 is 22.3 Å². The predicted octanol–water partition coefficient (Wildman–Crippen LogP) is 3.65. The summed E-state index contributed by atoms with van der Waals surface area (Å²) in [7, 11) is 0. The highest BCUT2D eigenvalue weighted by molar-refractivity contribution is 5.67. The smallest absolute Gasteiger partial charge is 0.406 e. The number of aryl methyl sites for hydroxylation is 1. The zero-order valence-electron chi connectivity index (χ0n) is 14.0. The summed E-state index contributed by atoms with van der Waals surface area (Å²) in [4.78, 5) is 8.48. The van der Waals surface area contributed by atoms with Crippen LogP contribution in [0.3, 0.4) is 0 Å². The molecule has 140 valence electrons. The van der Waals surface area contributed by atoms with Gasteiger partial charge < -0.3 is 15.4 Å². The van der Waals surface area contributed by atoms with E-state index in [0.29, 0.717) is 35.9 Å². The maximum Gasteiger partial charge on any atom is 0.573 e. The first kappa shape index (κ1) is 18.4. The van der Waals surface area contributed by atoms with E-state index in [1.165, 1.54) is 12.3 Å². The molecule has 5 nitrogen and oxygen atoms in total. The van der Waals surface area contributed by atoms with E-state index in [1.54, 1.807) is 6.92 Å². The number of aromatic nitrogens is 2. The molecule has 1 aliphatic heterocycles. The Kier molecular flexibility index (Phi) is 5.26. The quantitative estimate of drug-likeness (QED) is 0.787. The summed E-state index contributed by atoms with van der Waals surface area (Å²) in [6.07, 6.45) is -1.19. The standard InChI is InChI=1S/C17H18F4N4O/c1-10-14(9-24-16(25-10)23-8-11-3-2-6-22-11)13-5-4-12(7-15(13)18)26-17(19,20)21/h4-5,7,9,11,22H,2-3,6,8H2,1H3,(H,23,24,25). The fourth-order valence-electron chi connectivity index (χ4n) is 2.87. The first-order valence-corrected chi connectivity index (χ1v) is 8.18. The second kappa shape index (κ2) is 7.45. The Morgan fingerprint density at radius 3 is 2.73 bits per heavy atom. The summed E-state index contributed by atoms with van der Waals surface area (Å²) in [6.45, 7) is 3.38. The van der Waals surface area contributed by atoms with Crippen LogP contribution in [-0.4, -0.2) is 35.5 Å². The molecule has 2 heterocycles. The zero-order valence-corrected chi connectivity index (χ0v) is 14.0. The molecule has 0 spiro atoms. The Labute approximate surface area is 147 Å². The number of nitrogens with one attached hydrogen (secondary N) is 2. The summed E-state index contributed by atoms with van der Waals surface area (Å²) < 4.78 is 54.6. The van der Waals surface area contributed by atoms with Gasteiger partial charge in [0.1, 0.15) is 11.6 Å². The Bertz CT molecular complexity index is 776. The molecule has 9 heteroatoms. The van der Waals surface area contributed by atoms with E-state index < -0.39 is 17.9 Å². The molecule has 1 aromatic carbocycles. The lowest BCUT2D eigenvalue weighted by atomic mass is 10.1. The Morgan fingerprint density at radius 2 is 2.12 bits per heavy atom. The van der Waals surface area contributed by atoms with Gasteiger partial charge in [-0.3, -0.25) is 0 Å². The second-order valence-electron chi connectivity index (χ2n) is 6.06. The van der Waals surface area contributed by atoms with E-state index in [1.807, 2.05) is 0 Å². The summed E-state index contributed by atoms with van der Waals surface area (Å²) in [5.74, 6) is -1.02. The van der Waals surface area contributed by atoms with Crippen LogP contribution >= 0.6 is 0 Å². The van der Waals surface area contributed by atoms with Crippen molar-refractivity contribution in [1.82, 2.24) is 15.3 Å². The van der Waals surface area contributed by atoms with Crippen molar-refractivity contribution >= 4 is 5.95 Å². The molecule has 0 aliphatic carbocycles. The van der Waals surface area contributed by atoms with Gasteiger partial charge in [-0.2, -0.15) is 0 Å². The van der Waals surface area contributed by atoms with Gasteiger partial charge in [-0.15, -0.1) is 13.2 Å². The maximum absolute atomic E-state index is 14.2. The van der Waals surface area contributed by atoms with E-state index in [2.05, 4.69) is 25.3 Å². The Balaban J connectivity index is 1.74. The van der Waals surface area contributed by atoms with Crippen LogP contribution in [-0.2, 0) is 0 Å². The van der Waals surface area contributed by atoms with Crippen LogP contribution in [0, 0.1) is 12.7 Å². The maximum atomic E-state index is 14.2. The molecule has 26 heavy (non-hydrogen) atoms. The first-order chi connectivity index (χ1) is 12.3. The lowest BCUT2D eigenvalue weighted by Crippen LogP contribution is -2.29. The van der Waals surface area contributed by atoms with Crippen LogP contribution in [0.15, 0.2) is 24.4 Å². The number of hydrogen-bond donors (Lipinski definition) is 2. The van der Waals surface area contributed by atoms with Gasteiger partial charge in [-0.1, -0.05) is 0 Å². The molecule has 1 aromatic heterocycles. The lowest BCUT2D eigenvalue weighted by molar-refractivity contribution is -0.274. The number of rotatable bonds is 5. The Hall–Kier alpha value is -2.42. The summed E-state index contributed by atoms with van der Waals surface area (Å²) in [5, 5.41) is 6.48. The molecule has 2 N–H and O–H groups in total. The molecule has 0 saturated carbocycles. The number of hydrogen-bond acceptors (Lipinski definition) is 5. The topological polar surface area (TPSA) is 59.1 Å². The first-order valence-electron chi connectivity index (χ1n) is 8.18. The van der Waals surface area contributed by atoms with E-state index in [4.69, 9.17) is 0 Å². The summed E-state index contributed by atoms with van der Waals surface area (Å²) in [6, 6.07) is 3.35. The molecule has 0 bridgehead atoms. The van der Waals surface area contributed by atoms with Crippen LogP contribution in [0.25, 0.3) is 11.1 Å². The Morgan fingerprint density at radius 1 is 1.31 bits per heavy atom. The largest absolute Gasteiger partial charge is 0.573 e. The van der Waals surface area contributed by atoms with E-state index in [0.717, 1.165) is 25.5 Å². The molecule has 1 aliphatic rings. The van der Waals surface area contributed by atoms with Crippen LogP contribution in [0.2, 0.25) is 0 Å². The van der Waals surface area contributed by atoms with Gasteiger partial charge in [0.05, 0.1) is 5.69 Å². The third kappa shape index (κ3) is 4.60. The zero-order chi connectivity index (χ0) is 18.7. The van der Waals surface area contributed by atoms with Gasteiger partial charge in [0.25, 0.3) is 0 Å². The number of anilines is 1. The van der Waals surface area contributed by atoms with Crippen LogP contribution in [0.1, 0.15) is 18.5 Å². The van der Waals surface area contributed by atoms with Crippen LogP contribution < -0.4 is 15.4 Å². The molecule has 0 radical (unpaired) electrons. The van der Waals surface area contributed by atoms with Gasteiger partial charge in [0, 0.05) is 36.0 Å². The highest BCUT2D eigenvalue weighted by atomic mass is 19.4. The number of alkyl halides is 3. The van der Waals surface area contributed by atoms with Gasteiger partial charge in [0.15, 0.2) is 0 Å². The highest BCUT2D eigenvalue weighted by Crippen LogP contribution is 2.30. The van der Waals surface area contributed by atoms with Gasteiger partial charge >= 0.3 is 6.36 Å². The lowest BCUT2D eigenvalue weighted by Gasteiger charge is -2.13. The average Bonchev–Trinajstić information content (AvgIpc) is 3.06. The average molecular weight is 370 g/mol. The fraction of sp³-hybridized carbons (Fsp3) is 0.412. The van der Waals surface area contributed by atoms with Crippen molar-refractivity contribution in [2.75, 3.05) is 18.4 Å². The number of halogens is 4. The molecule has 1 atom stereocenters. The SMILES string of the molecule is Cc1nc(NCC2CCCN2)ncc1-c1ccc(OC(F)(F)F)cc1F. The van der Waals surface area contributed by atoms with Gasteiger partial charge in [-0.25, -0.2) is 14.4 Å². The molecule has 3 rings (SSSR count). The molecular formula is C17H18F4N4O. The monoisotopic (exact) mass is 370 g/mol. The minimum atomic E-state index is -4.87. The number of ether oxygens (including phenoxy) is 1. The summed E-state index contributed by atoms with van der Waals surface area (Å²) in [5.41, 5.74) is 1.04. The number of nitrogens with zero attached hydrogens (tertiary/aromatic N) is 2. The van der Waals surface area contributed by atoms with Crippen molar-refractivity contribution in [3.05, 3.63) is 35.9 Å². The van der Waals surface area contributed by atoms with E-state index in [9.17, 15) is 17.6 Å². The van der Waals surface area contributed by atoms with E-state index >= 15 is 0 Å². The number of benzene rings is 1. The molecular weight excluding hydrogens is 352 g/mol. The second-order valence-corrected chi connectivity index (χ2v) is 6.06. The van der Waals surface area contributed by atoms with Crippen LogP contribution in [0.4, 0.5) is 23.5 Å². The molecule has 1 saturated heterocycles. The third-order valence-corrected chi connectivity index (χ3v) is 4.11. The predicted molar refractivity (Wildman–Crippen MR) is 88.4 cm³/mol. The van der Waals surface area contributed by atoms with Crippen molar-refractivity contribution in [1.29, 1.82) is 0 Å². The minimum Gasteiger partial charge on any atom is -0.406 e. The van der Waals surface area contributed by atoms with Gasteiger partial charge in [-0.05, 0) is 38.4 Å². The van der Waals surface area contributed by atoms with Crippen molar-refractivity contribution in [2.45, 2.75) is 32.2 Å². The normalized spacial score (nSPS) is 17.3. The van der Waals surface area contributed by atoms with Crippen molar-refractivity contribution in [2.24, 2.45) is 0 Å². The molecule has 1 unspecified atom stereocenters. The minimum absolute atomic E-state index is 0.112. The molecule has 0 amide bonds. The molecule has 1 fully saturated rings. The third-order valence-electron chi connectivity index (χ3n) is 4.11. The highest BCUT2D eigenvalue weighted by Gasteiger charge is 2.31. The van der Waals surface area contributed by atoms with Crippen molar-refractivity contribution in [3.63, 3.8) is 0 Å². The van der Waals surface area contributed by atoms with Gasteiger partial charge in [0.2, 0.25) is 5.95 Å². The summed E-state index contributed by atoms with van der Waals surface area (Å²) >= 11 is 0. The molecule has 2 aromatic rings. The fourth-order valence-corrected chi connectivity index (χ4v) is 2.87.